The number of thiazole rings is 1. The van der Waals surface area contributed by atoms with Gasteiger partial charge in [0.25, 0.3) is 5.91 Å². The van der Waals surface area contributed by atoms with Gasteiger partial charge in [-0.1, -0.05) is 19.1 Å². The lowest BCUT2D eigenvalue weighted by molar-refractivity contribution is 0.0544. The lowest BCUT2D eigenvalue weighted by Crippen LogP contribution is -2.43. The van der Waals surface area contributed by atoms with Crippen LogP contribution in [0.2, 0.25) is 0 Å². The highest BCUT2D eigenvalue weighted by Crippen LogP contribution is 2.31. The highest BCUT2D eigenvalue weighted by Gasteiger charge is 2.30. The smallest absolute Gasteiger partial charge is 0.324 e. The van der Waals surface area contributed by atoms with Crippen molar-refractivity contribution in [2.75, 3.05) is 31.3 Å². The lowest BCUT2D eigenvalue weighted by atomic mass is 9.99. The molecular formula is C23H30N4O3S2. The molecular weight excluding hydrogens is 444 g/mol. The Bertz CT molecular complexity index is 924. The molecule has 3 amide bonds. The Morgan fingerprint density at radius 2 is 1.94 bits per heavy atom. The summed E-state index contributed by atoms with van der Waals surface area (Å²) in [5.41, 5.74) is 2.35. The zero-order valence-electron chi connectivity index (χ0n) is 18.5. The Labute approximate surface area is 197 Å². The maximum atomic E-state index is 12.9. The average molecular weight is 475 g/mol. The van der Waals surface area contributed by atoms with Gasteiger partial charge in [0.05, 0.1) is 11.1 Å². The molecule has 32 heavy (non-hydrogen) atoms. The first-order chi connectivity index (χ1) is 15.5. The molecule has 2 aliphatic rings. The van der Waals surface area contributed by atoms with Gasteiger partial charge in [-0.2, -0.15) is 0 Å². The third kappa shape index (κ3) is 5.82. The molecule has 7 nitrogen and oxygen atoms in total. The number of ether oxygens (including phenoxy) is 1. The molecule has 0 spiro atoms. The van der Waals surface area contributed by atoms with Crippen LogP contribution in [0.1, 0.15) is 43.0 Å². The van der Waals surface area contributed by atoms with E-state index in [2.05, 4.69) is 22.5 Å². The number of anilines is 1. The summed E-state index contributed by atoms with van der Waals surface area (Å²) < 4.78 is 5.49. The van der Waals surface area contributed by atoms with Crippen molar-refractivity contribution in [1.29, 1.82) is 0 Å². The van der Waals surface area contributed by atoms with Gasteiger partial charge in [0, 0.05) is 42.8 Å². The van der Waals surface area contributed by atoms with E-state index in [0.717, 1.165) is 55.9 Å². The highest BCUT2D eigenvalue weighted by molar-refractivity contribution is 7.99. The summed E-state index contributed by atoms with van der Waals surface area (Å²) in [6, 6.07) is 7.63. The van der Waals surface area contributed by atoms with Gasteiger partial charge in [-0.3, -0.25) is 10.1 Å². The molecule has 2 fully saturated rings. The number of amides is 3. The molecule has 1 saturated carbocycles. The van der Waals surface area contributed by atoms with Crippen molar-refractivity contribution in [3.63, 3.8) is 0 Å². The molecule has 2 N–H and O–H groups in total. The summed E-state index contributed by atoms with van der Waals surface area (Å²) >= 11 is 3.21. The van der Waals surface area contributed by atoms with Crippen molar-refractivity contribution >= 4 is 40.2 Å². The number of carbonyl (C=O) groups excluding carboxylic acids is 2. The molecule has 2 aromatic rings. The number of rotatable bonds is 8. The molecule has 2 heterocycles. The molecule has 172 valence electrons. The fraction of sp³-hybridized carbons (Fsp3) is 0.522. The third-order valence-electron chi connectivity index (χ3n) is 5.78. The van der Waals surface area contributed by atoms with E-state index in [9.17, 15) is 9.59 Å². The van der Waals surface area contributed by atoms with Crippen LogP contribution in [0, 0.1) is 5.92 Å². The summed E-state index contributed by atoms with van der Waals surface area (Å²) in [6.45, 7) is 3.65. The van der Waals surface area contributed by atoms with Crippen molar-refractivity contribution in [2.24, 2.45) is 5.92 Å². The second-order valence-electron chi connectivity index (χ2n) is 8.20. The van der Waals surface area contributed by atoms with E-state index in [0.29, 0.717) is 22.7 Å². The molecule has 1 aliphatic carbocycles. The third-order valence-corrected chi connectivity index (χ3v) is 7.92. The number of benzene rings is 1. The number of carbonyl (C=O) groups is 2. The van der Waals surface area contributed by atoms with Crippen LogP contribution in [0.25, 0.3) is 11.3 Å². The largest absolute Gasteiger partial charge is 0.381 e. The maximum absolute atomic E-state index is 12.9. The van der Waals surface area contributed by atoms with Crippen LogP contribution < -0.4 is 10.6 Å². The predicted octanol–water partition coefficient (Wildman–Crippen LogP) is 4.67. The van der Waals surface area contributed by atoms with Crippen molar-refractivity contribution in [2.45, 2.75) is 44.0 Å². The minimum absolute atomic E-state index is 0.0302. The molecule has 1 saturated heterocycles. The molecule has 1 aromatic carbocycles. The summed E-state index contributed by atoms with van der Waals surface area (Å²) in [4.78, 5) is 31.5. The fourth-order valence-electron chi connectivity index (χ4n) is 3.78. The van der Waals surface area contributed by atoms with Crippen LogP contribution in [0.5, 0.6) is 0 Å². The van der Waals surface area contributed by atoms with Gasteiger partial charge in [0.1, 0.15) is 0 Å². The highest BCUT2D eigenvalue weighted by atomic mass is 32.2. The van der Waals surface area contributed by atoms with Crippen LogP contribution in [0.15, 0.2) is 29.6 Å². The van der Waals surface area contributed by atoms with E-state index < -0.39 is 0 Å². The van der Waals surface area contributed by atoms with E-state index in [-0.39, 0.29) is 17.3 Å². The number of nitrogens with one attached hydrogen (secondary N) is 2. The van der Waals surface area contributed by atoms with Gasteiger partial charge >= 0.3 is 6.03 Å². The van der Waals surface area contributed by atoms with Gasteiger partial charge < -0.3 is 15.0 Å². The van der Waals surface area contributed by atoms with Crippen molar-refractivity contribution in [3.05, 3.63) is 35.2 Å². The van der Waals surface area contributed by atoms with E-state index in [1.165, 1.54) is 11.3 Å². The van der Waals surface area contributed by atoms with Gasteiger partial charge in [-0.05, 0) is 49.5 Å². The van der Waals surface area contributed by atoms with Crippen LogP contribution in [0.3, 0.4) is 0 Å². The van der Waals surface area contributed by atoms with Crippen LogP contribution in [-0.2, 0) is 4.74 Å². The first-order valence-corrected chi connectivity index (χ1v) is 13.1. The van der Waals surface area contributed by atoms with Gasteiger partial charge in [-0.15, -0.1) is 23.1 Å². The van der Waals surface area contributed by atoms with Crippen LogP contribution >= 0.6 is 23.1 Å². The van der Waals surface area contributed by atoms with E-state index in [1.54, 1.807) is 16.7 Å². The monoisotopic (exact) mass is 474 g/mol. The Balaban J connectivity index is 1.37. The summed E-state index contributed by atoms with van der Waals surface area (Å²) in [5, 5.41) is 8.56. The average Bonchev–Trinajstić information content (AvgIpc) is 3.52. The normalized spacial score (nSPS) is 17.6. The molecule has 0 radical (unpaired) electrons. The maximum Gasteiger partial charge on any atom is 0.324 e. The molecule has 4 rings (SSSR count). The molecule has 0 bridgehead atoms. The zero-order chi connectivity index (χ0) is 22.5. The standard InChI is InChI=1S/C23H30N4O3S2/c1-3-31-21(17-10-12-30-13-11-17)27(2)23(29)26-22-25-19(14-32-22)15-4-6-16(7-5-15)20(28)24-18-8-9-18/h4-7,14,17-18,21H,3,8-13H2,1-2H3,(H,24,28)(H,25,26,29). The number of aromatic nitrogens is 1. The van der Waals surface area contributed by atoms with Crippen LogP contribution in [0.4, 0.5) is 9.93 Å². The summed E-state index contributed by atoms with van der Waals surface area (Å²) in [5.74, 6) is 1.36. The number of urea groups is 1. The van der Waals surface area contributed by atoms with E-state index in [1.807, 2.05) is 36.7 Å². The number of nitrogens with zero attached hydrogens (tertiary/aromatic N) is 2. The van der Waals surface area contributed by atoms with Crippen molar-refractivity contribution in [3.8, 4) is 11.3 Å². The molecule has 1 atom stereocenters. The fourth-order valence-corrected chi connectivity index (χ4v) is 5.70. The first kappa shape index (κ1) is 23.1. The zero-order valence-corrected chi connectivity index (χ0v) is 20.1. The number of hydrogen-bond donors (Lipinski definition) is 2. The second kappa shape index (κ2) is 10.7. The Hall–Kier alpha value is -2.10. The number of hydrogen-bond acceptors (Lipinski definition) is 6. The molecule has 1 aliphatic heterocycles. The molecule has 1 aromatic heterocycles. The van der Waals surface area contributed by atoms with E-state index >= 15 is 0 Å². The molecule has 9 heteroatoms. The summed E-state index contributed by atoms with van der Waals surface area (Å²) in [7, 11) is 1.86. The second-order valence-corrected chi connectivity index (χ2v) is 10.5. The van der Waals surface area contributed by atoms with Gasteiger partial charge in [-0.25, -0.2) is 9.78 Å². The first-order valence-electron chi connectivity index (χ1n) is 11.1. The van der Waals surface area contributed by atoms with Crippen molar-refractivity contribution in [1.82, 2.24) is 15.2 Å². The van der Waals surface area contributed by atoms with Crippen molar-refractivity contribution < 1.29 is 14.3 Å². The lowest BCUT2D eigenvalue weighted by Gasteiger charge is -2.35. The van der Waals surface area contributed by atoms with Gasteiger partial charge in [0.2, 0.25) is 0 Å². The Morgan fingerprint density at radius 3 is 2.59 bits per heavy atom. The quantitative estimate of drug-likeness (QED) is 0.543. The summed E-state index contributed by atoms with van der Waals surface area (Å²) in [6.07, 6.45) is 4.09. The number of thioether (sulfide) groups is 1. The van der Waals surface area contributed by atoms with Crippen LogP contribution in [-0.4, -0.2) is 59.3 Å². The Kier molecular flexibility index (Phi) is 7.70. The Morgan fingerprint density at radius 1 is 1.22 bits per heavy atom. The topological polar surface area (TPSA) is 83.6 Å². The minimum Gasteiger partial charge on any atom is -0.381 e. The van der Waals surface area contributed by atoms with E-state index in [4.69, 9.17) is 4.74 Å². The van der Waals surface area contributed by atoms with Gasteiger partial charge in [0.15, 0.2) is 5.13 Å². The molecule has 1 unspecified atom stereocenters. The minimum atomic E-state index is -0.143. The SMILES string of the molecule is CCSC(C1CCOCC1)N(C)C(=O)Nc1nc(-c2ccc(C(=O)NC3CC3)cc2)cs1. The predicted molar refractivity (Wildman–Crippen MR) is 130 cm³/mol.